The van der Waals surface area contributed by atoms with E-state index in [4.69, 9.17) is 0 Å². The van der Waals surface area contributed by atoms with Gasteiger partial charge < -0.3 is 15.6 Å². The van der Waals surface area contributed by atoms with Gasteiger partial charge in [0.25, 0.3) is 0 Å². The molecular formula is C19H18F5N5. The average molecular weight is 411 g/mol. The first-order valence-electron chi connectivity index (χ1n) is 9.21. The third-order valence-electron chi connectivity index (χ3n) is 4.98. The summed E-state index contributed by atoms with van der Waals surface area (Å²) in [5.74, 6) is -2.19. The highest BCUT2D eigenvalue weighted by Gasteiger charge is 2.36. The minimum Gasteiger partial charge on any atom is -0.358 e. The summed E-state index contributed by atoms with van der Waals surface area (Å²) >= 11 is 0. The van der Waals surface area contributed by atoms with Gasteiger partial charge in [0.15, 0.2) is 11.6 Å². The van der Waals surface area contributed by atoms with Crippen molar-refractivity contribution in [2.75, 3.05) is 18.4 Å². The van der Waals surface area contributed by atoms with Crippen LogP contribution < -0.4 is 10.6 Å². The molecule has 3 heterocycles. The lowest BCUT2D eigenvalue weighted by Gasteiger charge is -2.18. The van der Waals surface area contributed by atoms with E-state index in [1.165, 1.54) is 12.3 Å². The van der Waals surface area contributed by atoms with Gasteiger partial charge in [-0.1, -0.05) is 6.42 Å². The van der Waals surface area contributed by atoms with Crippen molar-refractivity contribution in [1.29, 1.82) is 0 Å². The van der Waals surface area contributed by atoms with Crippen molar-refractivity contribution in [1.82, 2.24) is 20.3 Å². The van der Waals surface area contributed by atoms with Crippen LogP contribution in [-0.4, -0.2) is 34.1 Å². The number of anilines is 1. The zero-order chi connectivity index (χ0) is 20.6. The predicted molar refractivity (Wildman–Crippen MR) is 98.4 cm³/mol. The van der Waals surface area contributed by atoms with Crippen molar-refractivity contribution in [3.63, 3.8) is 0 Å². The number of hydrogen-bond donors (Lipinski definition) is 3. The first kappa shape index (κ1) is 19.6. The van der Waals surface area contributed by atoms with Gasteiger partial charge in [-0.2, -0.15) is 13.2 Å². The number of aromatic nitrogens is 3. The molecule has 2 aromatic heterocycles. The molecule has 0 saturated carbocycles. The third kappa shape index (κ3) is 3.89. The van der Waals surface area contributed by atoms with Gasteiger partial charge >= 0.3 is 6.18 Å². The van der Waals surface area contributed by atoms with Crippen molar-refractivity contribution in [2.45, 2.75) is 31.5 Å². The summed E-state index contributed by atoms with van der Waals surface area (Å²) in [5, 5.41) is 6.43. The van der Waals surface area contributed by atoms with Crippen molar-refractivity contribution < 1.29 is 22.0 Å². The topological polar surface area (TPSA) is 65.6 Å². The summed E-state index contributed by atoms with van der Waals surface area (Å²) in [6, 6.07) is 2.08. The molecule has 5 nitrogen and oxygen atoms in total. The monoisotopic (exact) mass is 411 g/mol. The van der Waals surface area contributed by atoms with Crippen LogP contribution in [0, 0.1) is 11.6 Å². The molecule has 1 aliphatic rings. The Labute approximate surface area is 162 Å². The molecule has 0 amide bonds. The zero-order valence-corrected chi connectivity index (χ0v) is 15.2. The van der Waals surface area contributed by atoms with E-state index >= 15 is 0 Å². The highest BCUT2D eigenvalue weighted by Crippen LogP contribution is 2.39. The molecule has 1 aromatic carbocycles. The Morgan fingerprint density at radius 2 is 1.97 bits per heavy atom. The number of fused-ring (bicyclic) bond motifs is 1. The highest BCUT2D eigenvalue weighted by atomic mass is 19.4. The van der Waals surface area contributed by atoms with E-state index < -0.39 is 29.1 Å². The maximum Gasteiger partial charge on any atom is 0.419 e. The molecule has 3 N–H and O–H groups in total. The van der Waals surface area contributed by atoms with Crippen LogP contribution in [-0.2, 0) is 6.18 Å². The minimum absolute atomic E-state index is 0.0170. The predicted octanol–water partition coefficient (Wildman–Crippen LogP) is 4.48. The molecular weight excluding hydrogens is 393 g/mol. The fourth-order valence-corrected chi connectivity index (χ4v) is 3.52. The molecule has 0 unspecified atom stereocenters. The van der Waals surface area contributed by atoms with Crippen LogP contribution in [0.15, 0.2) is 24.5 Å². The molecule has 1 saturated heterocycles. The third-order valence-corrected chi connectivity index (χ3v) is 4.98. The number of halogens is 5. The van der Waals surface area contributed by atoms with E-state index in [0.717, 1.165) is 31.9 Å². The molecule has 4 rings (SSSR count). The molecule has 154 valence electrons. The van der Waals surface area contributed by atoms with Crippen LogP contribution in [0.1, 0.15) is 24.8 Å². The average Bonchev–Trinajstić information content (AvgIpc) is 2.94. The number of rotatable bonds is 3. The van der Waals surface area contributed by atoms with Crippen molar-refractivity contribution in [3.05, 3.63) is 41.7 Å². The Hall–Kier alpha value is -2.75. The minimum atomic E-state index is -4.71. The lowest BCUT2D eigenvalue weighted by molar-refractivity contribution is -0.137. The Kier molecular flexibility index (Phi) is 5.12. The van der Waals surface area contributed by atoms with E-state index in [2.05, 4.69) is 25.6 Å². The Balaban J connectivity index is 1.79. The molecule has 1 fully saturated rings. The smallest absolute Gasteiger partial charge is 0.358 e. The quantitative estimate of drug-likeness (QED) is 0.557. The van der Waals surface area contributed by atoms with Gasteiger partial charge in [0.2, 0.25) is 5.95 Å². The van der Waals surface area contributed by atoms with Gasteiger partial charge in [-0.05, 0) is 31.5 Å². The number of alkyl halides is 3. The highest BCUT2D eigenvalue weighted by molar-refractivity contribution is 5.95. The lowest BCUT2D eigenvalue weighted by atomic mass is 10.1. The Morgan fingerprint density at radius 3 is 2.76 bits per heavy atom. The van der Waals surface area contributed by atoms with E-state index in [1.54, 1.807) is 0 Å². The Bertz CT molecular complexity index is 1020. The maximum absolute atomic E-state index is 14.0. The number of nitrogens with zero attached hydrogens (tertiary/aromatic N) is 2. The maximum atomic E-state index is 14.0. The van der Waals surface area contributed by atoms with Crippen LogP contribution in [0.4, 0.5) is 27.9 Å². The SMILES string of the molecule is Fc1ccc2c(-c3nc(N[C@H]4CCCCNC4)ncc3C(F)(F)F)c[nH]c2c1F. The second-order valence-corrected chi connectivity index (χ2v) is 6.98. The van der Waals surface area contributed by atoms with Crippen molar-refractivity contribution >= 4 is 16.9 Å². The summed E-state index contributed by atoms with van der Waals surface area (Å²) in [7, 11) is 0. The normalized spacial score (nSPS) is 18.0. The number of aromatic amines is 1. The van der Waals surface area contributed by atoms with Crippen LogP contribution in [0.2, 0.25) is 0 Å². The van der Waals surface area contributed by atoms with E-state index in [-0.39, 0.29) is 28.5 Å². The summed E-state index contributed by atoms with van der Waals surface area (Å²) in [6.07, 6.45) is 0.0413. The standard InChI is InChI=1S/C19H18F5N5/c20-14-5-4-11-12(8-26-17(11)15(14)21)16-13(19(22,23)24)9-27-18(29-16)28-10-3-1-2-6-25-7-10/h4-5,8-10,25-26H,1-3,6-7H2,(H,27,28,29)/t10-/m0/s1. The molecule has 3 aromatic rings. The number of H-pyrrole nitrogens is 1. The molecule has 10 heteroatoms. The lowest BCUT2D eigenvalue weighted by Crippen LogP contribution is -2.31. The van der Waals surface area contributed by atoms with Crippen LogP contribution in [0.3, 0.4) is 0 Å². The molecule has 0 aliphatic carbocycles. The zero-order valence-electron chi connectivity index (χ0n) is 15.2. The first-order valence-corrected chi connectivity index (χ1v) is 9.21. The van der Waals surface area contributed by atoms with E-state index in [1.807, 2.05) is 0 Å². The second kappa shape index (κ2) is 7.58. The van der Waals surface area contributed by atoms with Crippen LogP contribution in [0.25, 0.3) is 22.2 Å². The summed E-state index contributed by atoms with van der Waals surface area (Å²) in [5.41, 5.74) is -1.63. The van der Waals surface area contributed by atoms with Crippen LogP contribution in [0.5, 0.6) is 0 Å². The summed E-state index contributed by atoms with van der Waals surface area (Å²) in [6.45, 7) is 1.53. The Morgan fingerprint density at radius 1 is 1.14 bits per heavy atom. The molecule has 0 bridgehead atoms. The number of hydrogen-bond acceptors (Lipinski definition) is 4. The largest absolute Gasteiger partial charge is 0.419 e. The fourth-order valence-electron chi connectivity index (χ4n) is 3.52. The fraction of sp³-hybridized carbons (Fsp3) is 0.368. The first-order chi connectivity index (χ1) is 13.8. The van der Waals surface area contributed by atoms with Gasteiger partial charge in [0, 0.05) is 35.9 Å². The van der Waals surface area contributed by atoms with Gasteiger partial charge in [-0.25, -0.2) is 18.7 Å². The van der Waals surface area contributed by atoms with Gasteiger partial charge in [-0.15, -0.1) is 0 Å². The van der Waals surface area contributed by atoms with Gasteiger partial charge in [0.05, 0.1) is 11.2 Å². The molecule has 0 spiro atoms. The molecule has 1 atom stereocenters. The van der Waals surface area contributed by atoms with E-state index in [0.29, 0.717) is 12.7 Å². The number of benzene rings is 1. The second-order valence-electron chi connectivity index (χ2n) is 6.98. The molecule has 0 radical (unpaired) electrons. The summed E-state index contributed by atoms with van der Waals surface area (Å²) < 4.78 is 68.2. The van der Waals surface area contributed by atoms with E-state index in [9.17, 15) is 22.0 Å². The van der Waals surface area contributed by atoms with Crippen molar-refractivity contribution in [2.24, 2.45) is 0 Å². The van der Waals surface area contributed by atoms with Crippen molar-refractivity contribution in [3.8, 4) is 11.3 Å². The molecule has 1 aliphatic heterocycles. The molecule has 29 heavy (non-hydrogen) atoms. The number of nitrogens with one attached hydrogen (secondary N) is 3. The van der Waals surface area contributed by atoms with Crippen LogP contribution >= 0.6 is 0 Å². The van der Waals surface area contributed by atoms with Gasteiger partial charge in [0.1, 0.15) is 5.56 Å². The van der Waals surface area contributed by atoms with Gasteiger partial charge in [-0.3, -0.25) is 0 Å². The summed E-state index contributed by atoms with van der Waals surface area (Å²) in [4.78, 5) is 10.5.